The SMILES string of the molecule is CCCCCCCCN(C(=O)C(Cc1ccccc1)NC(=O)OC(C)(C)C)C(C(=O)NCCCCC)c1ccc(CC)cc1. The smallest absolute Gasteiger partial charge is 0.408 e. The third-order valence-corrected chi connectivity index (χ3v) is 7.65. The lowest BCUT2D eigenvalue weighted by atomic mass is 9.98. The highest BCUT2D eigenvalue weighted by atomic mass is 16.6. The second-order valence-corrected chi connectivity index (χ2v) is 12.7. The van der Waals surface area contributed by atoms with Gasteiger partial charge in [0.05, 0.1) is 0 Å². The number of ether oxygens (including phenoxy) is 1. The summed E-state index contributed by atoms with van der Waals surface area (Å²) in [7, 11) is 0. The van der Waals surface area contributed by atoms with Crippen LogP contribution in [0, 0.1) is 0 Å². The summed E-state index contributed by atoms with van der Waals surface area (Å²) >= 11 is 0. The van der Waals surface area contributed by atoms with Gasteiger partial charge in [0.2, 0.25) is 11.8 Å². The van der Waals surface area contributed by atoms with Crippen molar-refractivity contribution in [3.05, 3.63) is 71.3 Å². The Morgan fingerprint density at radius 3 is 2.00 bits per heavy atom. The first kappa shape index (κ1) is 36.8. The van der Waals surface area contributed by atoms with Gasteiger partial charge in [-0.15, -0.1) is 0 Å². The average Bonchev–Trinajstić information content (AvgIpc) is 2.99. The van der Waals surface area contributed by atoms with Crippen molar-refractivity contribution < 1.29 is 19.1 Å². The van der Waals surface area contributed by atoms with Crippen molar-refractivity contribution in [2.24, 2.45) is 0 Å². The first-order chi connectivity index (χ1) is 21.1. The number of aryl methyl sites for hydroxylation is 1. The van der Waals surface area contributed by atoms with Crippen LogP contribution < -0.4 is 10.6 Å². The molecule has 0 fully saturated rings. The number of benzene rings is 2. The highest BCUT2D eigenvalue weighted by Gasteiger charge is 2.36. The summed E-state index contributed by atoms with van der Waals surface area (Å²) in [5.41, 5.74) is 2.13. The summed E-state index contributed by atoms with van der Waals surface area (Å²) in [6.45, 7) is 12.8. The lowest BCUT2D eigenvalue weighted by Gasteiger charge is -2.35. The number of hydrogen-bond acceptors (Lipinski definition) is 4. The van der Waals surface area contributed by atoms with Crippen molar-refractivity contribution in [1.29, 1.82) is 0 Å². The number of hydrogen-bond donors (Lipinski definition) is 2. The van der Waals surface area contributed by atoms with E-state index in [1.807, 2.05) is 54.6 Å². The summed E-state index contributed by atoms with van der Waals surface area (Å²) in [4.78, 5) is 43.3. The summed E-state index contributed by atoms with van der Waals surface area (Å²) in [5, 5.41) is 5.97. The fraction of sp³-hybridized carbons (Fsp3) is 0.595. The van der Waals surface area contributed by atoms with Crippen LogP contribution in [0.4, 0.5) is 4.79 Å². The van der Waals surface area contributed by atoms with Crippen LogP contribution in [0.2, 0.25) is 0 Å². The van der Waals surface area contributed by atoms with E-state index in [1.54, 1.807) is 25.7 Å². The molecule has 2 atom stereocenters. The van der Waals surface area contributed by atoms with E-state index in [-0.39, 0.29) is 18.2 Å². The summed E-state index contributed by atoms with van der Waals surface area (Å²) in [6.07, 6.45) is 9.79. The van der Waals surface area contributed by atoms with Crippen molar-refractivity contribution in [1.82, 2.24) is 15.5 Å². The van der Waals surface area contributed by atoms with Crippen LogP contribution in [-0.2, 0) is 27.2 Å². The molecule has 2 N–H and O–H groups in total. The van der Waals surface area contributed by atoms with Crippen LogP contribution in [0.1, 0.15) is 122 Å². The van der Waals surface area contributed by atoms with E-state index in [9.17, 15) is 14.4 Å². The van der Waals surface area contributed by atoms with E-state index < -0.39 is 23.8 Å². The second kappa shape index (κ2) is 19.8. The zero-order valence-corrected chi connectivity index (χ0v) is 28.1. The van der Waals surface area contributed by atoms with E-state index >= 15 is 0 Å². The molecular weight excluding hydrogens is 550 g/mol. The summed E-state index contributed by atoms with van der Waals surface area (Å²) in [5.74, 6) is -0.484. The first-order valence-corrected chi connectivity index (χ1v) is 16.8. The average molecular weight is 608 g/mol. The molecule has 0 aromatic heterocycles. The minimum Gasteiger partial charge on any atom is -0.444 e. The molecule has 2 unspecified atom stereocenters. The lowest BCUT2D eigenvalue weighted by Crippen LogP contribution is -2.54. The Bertz CT molecular complexity index is 1110. The summed E-state index contributed by atoms with van der Waals surface area (Å²) in [6, 6.07) is 15.9. The van der Waals surface area contributed by atoms with Gasteiger partial charge >= 0.3 is 6.09 Å². The Hall–Kier alpha value is -3.35. The lowest BCUT2D eigenvalue weighted by molar-refractivity contribution is -0.142. The van der Waals surface area contributed by atoms with Gasteiger partial charge in [-0.3, -0.25) is 9.59 Å². The van der Waals surface area contributed by atoms with Crippen molar-refractivity contribution in [3.8, 4) is 0 Å². The molecule has 0 spiro atoms. The number of nitrogens with one attached hydrogen (secondary N) is 2. The third kappa shape index (κ3) is 13.5. The molecule has 0 aliphatic carbocycles. The second-order valence-electron chi connectivity index (χ2n) is 12.7. The third-order valence-electron chi connectivity index (χ3n) is 7.65. The van der Waals surface area contributed by atoms with E-state index in [1.165, 1.54) is 12.0 Å². The molecule has 7 nitrogen and oxygen atoms in total. The number of rotatable bonds is 19. The molecule has 0 saturated heterocycles. The number of amides is 3. The normalized spacial score (nSPS) is 12.7. The van der Waals surface area contributed by atoms with Crippen molar-refractivity contribution in [2.75, 3.05) is 13.1 Å². The van der Waals surface area contributed by atoms with E-state index in [2.05, 4.69) is 31.4 Å². The molecule has 44 heavy (non-hydrogen) atoms. The molecule has 0 aliphatic heterocycles. The van der Waals surface area contributed by atoms with Crippen LogP contribution in [0.3, 0.4) is 0 Å². The molecule has 2 aromatic rings. The molecule has 0 heterocycles. The van der Waals surface area contributed by atoms with Gasteiger partial charge in [-0.05, 0) is 56.7 Å². The van der Waals surface area contributed by atoms with E-state index in [4.69, 9.17) is 4.74 Å². The van der Waals surface area contributed by atoms with Gasteiger partial charge in [-0.1, -0.05) is 120 Å². The monoisotopic (exact) mass is 607 g/mol. The van der Waals surface area contributed by atoms with Crippen LogP contribution in [0.25, 0.3) is 0 Å². The van der Waals surface area contributed by atoms with Gasteiger partial charge in [0.15, 0.2) is 0 Å². The molecule has 2 rings (SSSR count). The van der Waals surface area contributed by atoms with Gasteiger partial charge in [0.25, 0.3) is 0 Å². The van der Waals surface area contributed by atoms with E-state index in [0.29, 0.717) is 13.1 Å². The Kier molecular flexibility index (Phi) is 16.6. The van der Waals surface area contributed by atoms with Gasteiger partial charge in [-0.2, -0.15) is 0 Å². The molecule has 2 aromatic carbocycles. The Labute approximate surface area is 266 Å². The predicted octanol–water partition coefficient (Wildman–Crippen LogP) is 7.92. The largest absolute Gasteiger partial charge is 0.444 e. The molecule has 3 amide bonds. The number of unbranched alkanes of at least 4 members (excludes halogenated alkanes) is 7. The topological polar surface area (TPSA) is 87.7 Å². The molecule has 0 saturated carbocycles. The Balaban J connectivity index is 2.50. The first-order valence-electron chi connectivity index (χ1n) is 16.8. The molecule has 0 aliphatic rings. The predicted molar refractivity (Wildman–Crippen MR) is 179 cm³/mol. The summed E-state index contributed by atoms with van der Waals surface area (Å²) < 4.78 is 5.57. The van der Waals surface area contributed by atoms with Crippen molar-refractivity contribution in [2.45, 2.75) is 130 Å². The maximum atomic E-state index is 14.6. The Morgan fingerprint density at radius 1 is 0.773 bits per heavy atom. The van der Waals surface area contributed by atoms with Crippen LogP contribution in [-0.4, -0.2) is 47.5 Å². The minimum atomic E-state index is -0.905. The Morgan fingerprint density at radius 2 is 1.39 bits per heavy atom. The zero-order chi connectivity index (χ0) is 32.4. The van der Waals surface area contributed by atoms with Crippen molar-refractivity contribution >= 4 is 17.9 Å². The van der Waals surface area contributed by atoms with Gasteiger partial charge in [0, 0.05) is 19.5 Å². The quantitative estimate of drug-likeness (QED) is 0.159. The molecule has 0 bridgehead atoms. The molecular formula is C37H57N3O4. The number of alkyl carbamates (subject to hydrolysis) is 1. The fourth-order valence-corrected chi connectivity index (χ4v) is 5.22. The maximum absolute atomic E-state index is 14.6. The van der Waals surface area contributed by atoms with Crippen molar-refractivity contribution in [3.63, 3.8) is 0 Å². The number of nitrogens with zero attached hydrogens (tertiary/aromatic N) is 1. The molecule has 244 valence electrons. The van der Waals surface area contributed by atoms with Crippen LogP contribution >= 0.6 is 0 Å². The van der Waals surface area contributed by atoms with Gasteiger partial charge < -0.3 is 20.3 Å². The van der Waals surface area contributed by atoms with Crippen LogP contribution in [0.5, 0.6) is 0 Å². The highest BCUT2D eigenvalue weighted by Crippen LogP contribution is 2.25. The number of carbonyl (C=O) groups is 3. The highest BCUT2D eigenvalue weighted by molar-refractivity contribution is 5.92. The maximum Gasteiger partial charge on any atom is 0.408 e. The van der Waals surface area contributed by atoms with Crippen LogP contribution in [0.15, 0.2) is 54.6 Å². The molecule has 7 heteroatoms. The van der Waals surface area contributed by atoms with Gasteiger partial charge in [-0.25, -0.2) is 4.79 Å². The molecule has 0 radical (unpaired) electrons. The standard InChI is InChI=1S/C37H57N3O4/c1-7-10-12-13-14-19-27-40(33(34(41)38-26-18-11-8-2)31-24-22-29(9-3)23-25-31)35(42)32(28-30-20-16-15-17-21-30)39-36(43)44-37(4,5)6/h15-17,20-25,32-33H,7-14,18-19,26-28H2,1-6H3,(H,38,41)(H,39,43). The minimum absolute atomic E-state index is 0.194. The van der Waals surface area contributed by atoms with E-state index in [0.717, 1.165) is 68.9 Å². The zero-order valence-electron chi connectivity index (χ0n) is 28.1. The fourth-order valence-electron chi connectivity index (χ4n) is 5.22. The number of carbonyl (C=O) groups excluding carboxylic acids is 3. The van der Waals surface area contributed by atoms with Gasteiger partial charge in [0.1, 0.15) is 17.7 Å².